The smallest absolute Gasteiger partial charge is 0.263 e. The minimum Gasteiger partial charge on any atom is -0.489 e. The van der Waals surface area contributed by atoms with Crippen molar-refractivity contribution in [1.82, 2.24) is 10.6 Å². The van der Waals surface area contributed by atoms with Crippen LogP contribution < -0.4 is 15.4 Å². The zero-order chi connectivity index (χ0) is 18.2. The van der Waals surface area contributed by atoms with Gasteiger partial charge in [-0.3, -0.25) is 20.2 Å². The average Bonchev–Trinajstić information content (AvgIpc) is 2.59. The van der Waals surface area contributed by atoms with Gasteiger partial charge >= 0.3 is 0 Å². The molecule has 0 saturated carbocycles. The van der Waals surface area contributed by atoms with E-state index in [1.807, 2.05) is 25.2 Å². The van der Waals surface area contributed by atoms with E-state index in [-0.39, 0.29) is 10.7 Å². The molecule has 1 aromatic carbocycles. The van der Waals surface area contributed by atoms with Crippen molar-refractivity contribution in [3.63, 3.8) is 0 Å². The topological polar surface area (TPSA) is 67.4 Å². The Labute approximate surface area is 151 Å². The molecule has 0 bridgehead atoms. The molecule has 2 N–H and O–H groups in total. The maximum absolute atomic E-state index is 11.8. The molecule has 1 fully saturated rings. The van der Waals surface area contributed by atoms with Gasteiger partial charge in [0, 0.05) is 0 Å². The monoisotopic (exact) mass is 354 g/mol. The minimum absolute atomic E-state index is 0.00509. The van der Waals surface area contributed by atoms with Gasteiger partial charge in [0.2, 0.25) is 0 Å². The lowest BCUT2D eigenvalue weighted by Crippen LogP contribution is -2.51. The first-order chi connectivity index (χ1) is 12.0. The summed E-state index contributed by atoms with van der Waals surface area (Å²) in [7, 11) is 0. The van der Waals surface area contributed by atoms with Crippen molar-refractivity contribution < 1.29 is 14.3 Å². The van der Waals surface area contributed by atoms with Gasteiger partial charge in [0.15, 0.2) is 5.11 Å². The molecule has 5 nitrogen and oxygen atoms in total. The standard InChI is InChI=1S/C19H18N2O3S/c1-3-5-6-13(4-2)12-24-15-9-7-14(8-10-15)11-16-17(22)20-19(25)21-18(16)23/h3-11H,2,12H2,1H3,(H2,20,21,22,23,25)/b5-3-,13-6+. The van der Waals surface area contributed by atoms with Crippen molar-refractivity contribution >= 4 is 35.2 Å². The molecule has 0 aliphatic carbocycles. The fourth-order valence-electron chi connectivity index (χ4n) is 1.99. The number of carbonyl (C=O) groups is 2. The molecule has 1 aliphatic rings. The van der Waals surface area contributed by atoms with E-state index in [0.717, 1.165) is 5.57 Å². The van der Waals surface area contributed by atoms with E-state index in [4.69, 9.17) is 17.0 Å². The molecule has 0 spiro atoms. The van der Waals surface area contributed by atoms with Gasteiger partial charge in [-0.15, -0.1) is 0 Å². The predicted molar refractivity (Wildman–Crippen MR) is 102 cm³/mol. The lowest BCUT2D eigenvalue weighted by molar-refractivity contribution is -0.123. The van der Waals surface area contributed by atoms with Crippen LogP contribution in [0.3, 0.4) is 0 Å². The Kier molecular flexibility index (Phi) is 6.42. The van der Waals surface area contributed by atoms with Gasteiger partial charge in [-0.05, 0) is 48.5 Å². The largest absolute Gasteiger partial charge is 0.489 e. The normalized spacial score (nSPS) is 15.0. The molecule has 1 heterocycles. The van der Waals surface area contributed by atoms with Crippen LogP contribution >= 0.6 is 12.2 Å². The number of carbonyl (C=O) groups excluding carboxylic acids is 2. The van der Waals surface area contributed by atoms with Crippen molar-refractivity contribution in [3.05, 3.63) is 71.9 Å². The molecule has 128 valence electrons. The number of amides is 2. The summed E-state index contributed by atoms with van der Waals surface area (Å²) in [6.07, 6.45) is 9.01. The molecule has 6 heteroatoms. The van der Waals surface area contributed by atoms with Crippen LogP contribution in [0.1, 0.15) is 12.5 Å². The van der Waals surface area contributed by atoms with E-state index in [9.17, 15) is 9.59 Å². The summed E-state index contributed by atoms with van der Waals surface area (Å²) < 4.78 is 5.69. The van der Waals surface area contributed by atoms with Crippen LogP contribution in [0, 0.1) is 0 Å². The second-order valence-corrected chi connectivity index (χ2v) is 5.53. The van der Waals surface area contributed by atoms with Gasteiger partial charge in [-0.2, -0.15) is 0 Å². The summed E-state index contributed by atoms with van der Waals surface area (Å²) in [5.41, 5.74) is 1.66. The summed E-state index contributed by atoms with van der Waals surface area (Å²) in [6.45, 7) is 6.09. The first-order valence-corrected chi connectivity index (χ1v) is 8.00. The zero-order valence-electron chi connectivity index (χ0n) is 13.7. The van der Waals surface area contributed by atoms with Crippen LogP contribution in [0.5, 0.6) is 5.75 Å². The highest BCUT2D eigenvalue weighted by atomic mass is 32.1. The molecular weight excluding hydrogens is 336 g/mol. The molecule has 0 aromatic heterocycles. The molecule has 1 aromatic rings. The lowest BCUT2D eigenvalue weighted by Gasteiger charge is -2.16. The van der Waals surface area contributed by atoms with Gasteiger partial charge in [0.1, 0.15) is 17.9 Å². The summed E-state index contributed by atoms with van der Waals surface area (Å²) in [5, 5.41) is 4.80. The molecule has 2 rings (SSSR count). The van der Waals surface area contributed by atoms with Gasteiger partial charge in [-0.25, -0.2) is 0 Å². The maximum atomic E-state index is 11.8. The summed E-state index contributed by atoms with van der Waals surface area (Å²) in [6, 6.07) is 7.07. The van der Waals surface area contributed by atoms with E-state index < -0.39 is 11.8 Å². The van der Waals surface area contributed by atoms with Crippen molar-refractivity contribution in [1.29, 1.82) is 0 Å². The zero-order valence-corrected chi connectivity index (χ0v) is 14.6. The van der Waals surface area contributed by atoms with Gasteiger partial charge in [0.05, 0.1) is 0 Å². The quantitative estimate of drug-likeness (QED) is 0.357. The van der Waals surface area contributed by atoms with Crippen LogP contribution in [-0.2, 0) is 9.59 Å². The number of benzene rings is 1. The number of hydrogen-bond donors (Lipinski definition) is 2. The third-order valence-corrected chi connectivity index (χ3v) is 3.51. The summed E-state index contributed by atoms with van der Waals surface area (Å²) >= 11 is 4.76. The molecule has 1 aliphatic heterocycles. The molecule has 0 radical (unpaired) electrons. The summed E-state index contributed by atoms with van der Waals surface area (Å²) in [5.74, 6) is -0.355. The second kappa shape index (κ2) is 8.75. The molecular formula is C19H18N2O3S. The van der Waals surface area contributed by atoms with Crippen LogP contribution in [0.15, 0.2) is 66.3 Å². The Bertz CT molecular complexity index is 767. The van der Waals surface area contributed by atoms with E-state index in [2.05, 4.69) is 17.2 Å². The van der Waals surface area contributed by atoms with E-state index in [1.165, 1.54) is 6.08 Å². The van der Waals surface area contributed by atoms with Crippen molar-refractivity contribution in [2.45, 2.75) is 6.92 Å². The average molecular weight is 354 g/mol. The Morgan fingerprint density at radius 1 is 1.20 bits per heavy atom. The molecule has 25 heavy (non-hydrogen) atoms. The number of ether oxygens (including phenoxy) is 1. The fraction of sp³-hybridized carbons (Fsp3) is 0.105. The molecule has 2 amide bonds. The summed E-state index contributed by atoms with van der Waals surface area (Å²) in [4.78, 5) is 23.6. The van der Waals surface area contributed by atoms with Crippen LogP contribution in [0.25, 0.3) is 6.08 Å². The number of nitrogens with one attached hydrogen (secondary N) is 2. The first kappa shape index (κ1) is 18.4. The first-order valence-electron chi connectivity index (χ1n) is 7.59. The minimum atomic E-state index is -0.515. The highest BCUT2D eigenvalue weighted by molar-refractivity contribution is 7.80. The van der Waals surface area contributed by atoms with Crippen molar-refractivity contribution in [3.8, 4) is 5.75 Å². The number of thiocarbonyl (C=S) groups is 1. The molecule has 0 atom stereocenters. The fourth-order valence-corrected chi connectivity index (χ4v) is 2.18. The Morgan fingerprint density at radius 3 is 2.40 bits per heavy atom. The van der Waals surface area contributed by atoms with Gasteiger partial charge in [0.25, 0.3) is 11.8 Å². The Morgan fingerprint density at radius 2 is 1.84 bits per heavy atom. The van der Waals surface area contributed by atoms with Crippen LogP contribution in [0.2, 0.25) is 0 Å². The lowest BCUT2D eigenvalue weighted by atomic mass is 10.1. The van der Waals surface area contributed by atoms with Crippen molar-refractivity contribution in [2.24, 2.45) is 0 Å². The third-order valence-electron chi connectivity index (χ3n) is 3.30. The Hall–Kier alpha value is -2.99. The van der Waals surface area contributed by atoms with Crippen molar-refractivity contribution in [2.75, 3.05) is 6.61 Å². The van der Waals surface area contributed by atoms with E-state index in [0.29, 0.717) is 17.9 Å². The SMILES string of the molecule is C=C/C(=C\C=C/C)COc1ccc(C=C2C(=O)NC(=S)NC2=O)cc1. The highest BCUT2D eigenvalue weighted by Crippen LogP contribution is 2.16. The number of hydrogen-bond acceptors (Lipinski definition) is 4. The van der Waals surface area contributed by atoms with E-state index in [1.54, 1.807) is 30.3 Å². The van der Waals surface area contributed by atoms with E-state index >= 15 is 0 Å². The predicted octanol–water partition coefficient (Wildman–Crippen LogP) is 2.67. The van der Waals surface area contributed by atoms with Gasteiger partial charge in [-0.1, -0.05) is 43.0 Å². The number of allylic oxidation sites excluding steroid dienone is 3. The maximum Gasteiger partial charge on any atom is 0.263 e. The van der Waals surface area contributed by atoms with Gasteiger partial charge < -0.3 is 4.74 Å². The molecule has 1 saturated heterocycles. The van der Waals surface area contributed by atoms with Crippen LogP contribution in [-0.4, -0.2) is 23.5 Å². The third kappa shape index (κ3) is 5.26. The number of rotatable bonds is 6. The van der Waals surface area contributed by atoms with Crippen LogP contribution in [0.4, 0.5) is 0 Å². The second-order valence-electron chi connectivity index (χ2n) is 5.12. The highest BCUT2D eigenvalue weighted by Gasteiger charge is 2.25. The molecule has 0 unspecified atom stereocenters. The Balaban J connectivity index is 2.06.